The molecule has 21 heavy (non-hydrogen) atoms. The number of rotatable bonds is 2. The van der Waals surface area contributed by atoms with Crippen LogP contribution in [0.3, 0.4) is 0 Å². The third-order valence-corrected chi connectivity index (χ3v) is 4.34. The first-order valence-electron chi connectivity index (χ1n) is 6.99. The molecule has 0 spiro atoms. The Morgan fingerprint density at radius 3 is 2.76 bits per heavy atom. The van der Waals surface area contributed by atoms with Crippen molar-refractivity contribution in [1.29, 1.82) is 0 Å². The second kappa shape index (κ2) is 4.49. The third kappa shape index (κ3) is 2.17. The molecule has 1 amide bonds. The highest BCUT2D eigenvalue weighted by atomic mass is 16.3. The van der Waals surface area contributed by atoms with Crippen molar-refractivity contribution >= 4 is 11.7 Å². The molecule has 3 rings (SSSR count). The van der Waals surface area contributed by atoms with E-state index < -0.39 is 0 Å². The predicted molar refractivity (Wildman–Crippen MR) is 75.9 cm³/mol. The quantitative estimate of drug-likeness (QED) is 0.846. The maximum Gasteiger partial charge on any atom is 0.291 e. The molecular formula is C14H19N5O2. The van der Waals surface area contributed by atoms with Crippen LogP contribution in [0.25, 0.3) is 5.78 Å². The fourth-order valence-corrected chi connectivity index (χ4v) is 2.63. The summed E-state index contributed by atoms with van der Waals surface area (Å²) in [5.74, 6) is 0.196. The molecular weight excluding hydrogens is 270 g/mol. The van der Waals surface area contributed by atoms with Crippen molar-refractivity contribution in [3.63, 3.8) is 0 Å². The van der Waals surface area contributed by atoms with Crippen molar-refractivity contribution in [2.45, 2.75) is 46.3 Å². The van der Waals surface area contributed by atoms with Crippen LogP contribution in [0.4, 0.5) is 0 Å². The van der Waals surface area contributed by atoms with Gasteiger partial charge in [0.1, 0.15) is 0 Å². The molecule has 2 atom stereocenters. The maximum absolute atomic E-state index is 12.2. The van der Waals surface area contributed by atoms with Crippen molar-refractivity contribution in [2.24, 2.45) is 5.41 Å². The van der Waals surface area contributed by atoms with Gasteiger partial charge in [0, 0.05) is 22.8 Å². The molecule has 1 fully saturated rings. The van der Waals surface area contributed by atoms with Crippen molar-refractivity contribution < 1.29 is 9.90 Å². The summed E-state index contributed by atoms with van der Waals surface area (Å²) in [7, 11) is 0. The molecule has 0 aromatic carbocycles. The van der Waals surface area contributed by atoms with Crippen LogP contribution in [-0.2, 0) is 0 Å². The van der Waals surface area contributed by atoms with Crippen molar-refractivity contribution in [3.8, 4) is 0 Å². The molecule has 2 N–H and O–H groups in total. The molecule has 7 nitrogen and oxygen atoms in total. The van der Waals surface area contributed by atoms with Crippen LogP contribution in [0, 0.1) is 19.3 Å². The van der Waals surface area contributed by atoms with Crippen LogP contribution < -0.4 is 5.32 Å². The van der Waals surface area contributed by atoms with Gasteiger partial charge < -0.3 is 10.4 Å². The van der Waals surface area contributed by atoms with E-state index in [-0.39, 0.29) is 29.3 Å². The van der Waals surface area contributed by atoms with E-state index in [9.17, 15) is 9.90 Å². The van der Waals surface area contributed by atoms with Crippen molar-refractivity contribution in [3.05, 3.63) is 23.3 Å². The van der Waals surface area contributed by atoms with Gasteiger partial charge in [-0.2, -0.15) is 4.98 Å². The summed E-state index contributed by atoms with van der Waals surface area (Å²) in [5, 5.41) is 16.8. The Kier molecular flexibility index (Phi) is 2.98. The zero-order chi connectivity index (χ0) is 15.4. The van der Waals surface area contributed by atoms with Gasteiger partial charge in [-0.25, -0.2) is 9.50 Å². The zero-order valence-corrected chi connectivity index (χ0v) is 12.6. The molecule has 7 heteroatoms. The number of fused-ring (bicyclic) bond motifs is 1. The number of aromatic nitrogens is 4. The third-order valence-electron chi connectivity index (χ3n) is 4.34. The first-order valence-corrected chi connectivity index (χ1v) is 6.99. The fraction of sp³-hybridized carbons (Fsp3) is 0.571. The zero-order valence-electron chi connectivity index (χ0n) is 12.6. The van der Waals surface area contributed by atoms with Gasteiger partial charge in [0.15, 0.2) is 0 Å². The lowest BCUT2D eigenvalue weighted by Crippen LogP contribution is -2.61. The number of nitrogens with one attached hydrogen (secondary N) is 1. The Bertz CT molecular complexity index is 721. The van der Waals surface area contributed by atoms with Gasteiger partial charge in [-0.3, -0.25) is 4.79 Å². The van der Waals surface area contributed by atoms with E-state index in [1.165, 1.54) is 0 Å². The molecule has 0 saturated heterocycles. The summed E-state index contributed by atoms with van der Waals surface area (Å²) in [6, 6.07) is 1.82. The van der Waals surface area contributed by atoms with Crippen LogP contribution in [0.1, 0.15) is 42.3 Å². The molecule has 2 heterocycles. The molecule has 2 aromatic heterocycles. The standard InChI is InChI=1S/C14H19N5O2/c1-7-5-8(2)19-13(15-7)17-11(18-19)12(21)16-9-6-10(20)14(9,3)4/h5,9-10,20H,6H2,1-4H3,(H,16,21). The SMILES string of the molecule is Cc1cc(C)n2nc(C(=O)NC3CC(O)C3(C)C)nc2n1. The second-order valence-corrected chi connectivity index (χ2v) is 6.29. The monoisotopic (exact) mass is 289 g/mol. The first-order chi connectivity index (χ1) is 9.79. The first kappa shape index (κ1) is 13.9. The van der Waals surface area contributed by atoms with Crippen LogP contribution in [-0.4, -0.2) is 42.7 Å². The van der Waals surface area contributed by atoms with E-state index in [1.807, 2.05) is 33.8 Å². The van der Waals surface area contributed by atoms with Crippen molar-refractivity contribution in [2.75, 3.05) is 0 Å². The van der Waals surface area contributed by atoms with E-state index in [4.69, 9.17) is 0 Å². The minimum absolute atomic E-state index is 0.0672. The van der Waals surface area contributed by atoms with Gasteiger partial charge in [-0.15, -0.1) is 5.10 Å². The van der Waals surface area contributed by atoms with E-state index in [2.05, 4.69) is 20.4 Å². The lowest BCUT2D eigenvalue weighted by molar-refractivity contribution is -0.0690. The maximum atomic E-state index is 12.2. The number of carbonyl (C=O) groups excluding carboxylic acids is 1. The lowest BCUT2D eigenvalue weighted by atomic mass is 9.64. The summed E-state index contributed by atoms with van der Waals surface area (Å²) >= 11 is 0. The molecule has 0 aliphatic heterocycles. The van der Waals surface area contributed by atoms with Gasteiger partial charge in [-0.1, -0.05) is 13.8 Å². The summed E-state index contributed by atoms with van der Waals surface area (Å²) in [6.45, 7) is 7.62. The molecule has 0 bridgehead atoms. The largest absolute Gasteiger partial charge is 0.392 e. The summed E-state index contributed by atoms with van der Waals surface area (Å²) in [6.07, 6.45) is 0.172. The molecule has 1 aliphatic rings. The Morgan fingerprint density at radius 2 is 2.14 bits per heavy atom. The topological polar surface area (TPSA) is 92.4 Å². The number of hydrogen-bond acceptors (Lipinski definition) is 5. The molecule has 0 radical (unpaired) electrons. The van der Waals surface area contributed by atoms with Crippen LogP contribution in [0.2, 0.25) is 0 Å². The van der Waals surface area contributed by atoms with Gasteiger partial charge >= 0.3 is 0 Å². The van der Waals surface area contributed by atoms with Gasteiger partial charge in [0.25, 0.3) is 11.7 Å². The smallest absolute Gasteiger partial charge is 0.291 e. The number of amides is 1. The van der Waals surface area contributed by atoms with Crippen LogP contribution >= 0.6 is 0 Å². The summed E-state index contributed by atoms with van der Waals surface area (Å²) < 4.78 is 1.56. The van der Waals surface area contributed by atoms with Gasteiger partial charge in [0.05, 0.1) is 6.10 Å². The Balaban J connectivity index is 1.84. The average Bonchev–Trinajstić information content (AvgIpc) is 2.82. The van der Waals surface area contributed by atoms with Crippen molar-refractivity contribution in [1.82, 2.24) is 24.9 Å². The highest BCUT2D eigenvalue weighted by molar-refractivity contribution is 5.91. The minimum atomic E-state index is -0.386. The van der Waals surface area contributed by atoms with E-state index in [1.54, 1.807) is 4.52 Å². The van der Waals surface area contributed by atoms with Gasteiger partial charge in [0.2, 0.25) is 5.82 Å². The number of hydrogen-bond donors (Lipinski definition) is 2. The second-order valence-electron chi connectivity index (χ2n) is 6.29. The minimum Gasteiger partial charge on any atom is -0.392 e. The molecule has 2 unspecified atom stereocenters. The Hall–Kier alpha value is -2.02. The van der Waals surface area contributed by atoms with E-state index in [0.29, 0.717) is 12.2 Å². The molecule has 112 valence electrons. The Labute approximate surface area is 122 Å². The van der Waals surface area contributed by atoms with E-state index >= 15 is 0 Å². The lowest BCUT2D eigenvalue weighted by Gasteiger charge is -2.49. The highest BCUT2D eigenvalue weighted by Gasteiger charge is 2.48. The number of aliphatic hydroxyl groups is 1. The number of nitrogens with zero attached hydrogens (tertiary/aromatic N) is 4. The predicted octanol–water partition coefficient (Wildman–Crippen LogP) is 0.630. The average molecular weight is 289 g/mol. The highest BCUT2D eigenvalue weighted by Crippen LogP contribution is 2.40. The normalized spacial score (nSPS) is 23.9. The van der Waals surface area contributed by atoms with E-state index in [0.717, 1.165) is 11.4 Å². The fourth-order valence-electron chi connectivity index (χ4n) is 2.63. The van der Waals surface area contributed by atoms with Crippen LogP contribution in [0.5, 0.6) is 0 Å². The van der Waals surface area contributed by atoms with Gasteiger partial charge in [-0.05, 0) is 26.3 Å². The van der Waals surface area contributed by atoms with Crippen LogP contribution in [0.15, 0.2) is 6.07 Å². The summed E-state index contributed by atoms with van der Waals surface area (Å²) in [5.41, 5.74) is 1.39. The molecule has 2 aromatic rings. The number of aryl methyl sites for hydroxylation is 2. The molecule has 1 saturated carbocycles. The molecule has 1 aliphatic carbocycles. The number of aliphatic hydroxyl groups excluding tert-OH is 1. The number of carbonyl (C=O) groups is 1. The Morgan fingerprint density at radius 1 is 1.43 bits per heavy atom. The summed E-state index contributed by atoms with van der Waals surface area (Å²) in [4.78, 5) is 20.7.